The van der Waals surface area contributed by atoms with Crippen LogP contribution in [0.15, 0.2) is 42.6 Å². The van der Waals surface area contributed by atoms with Crippen molar-refractivity contribution in [3.05, 3.63) is 53.9 Å². The van der Waals surface area contributed by atoms with Crippen LogP contribution in [0.4, 0.5) is 5.82 Å². The van der Waals surface area contributed by atoms with Crippen LogP contribution in [0.2, 0.25) is 0 Å². The topological polar surface area (TPSA) is 54.3 Å². The van der Waals surface area contributed by atoms with Crippen molar-refractivity contribution < 1.29 is 4.79 Å². The van der Waals surface area contributed by atoms with Crippen molar-refractivity contribution in [3.8, 4) is 0 Å². The number of fused-ring (bicyclic) bond motifs is 1. The molecular weight excluding hydrogens is 326 g/mol. The average molecular weight is 349 g/mol. The Kier molecular flexibility index (Phi) is 4.32. The van der Waals surface area contributed by atoms with Gasteiger partial charge in [-0.15, -0.1) is 0 Å². The van der Waals surface area contributed by atoms with Crippen LogP contribution >= 0.6 is 0 Å². The van der Waals surface area contributed by atoms with Gasteiger partial charge >= 0.3 is 0 Å². The highest BCUT2D eigenvalue weighted by atomic mass is 16.2. The summed E-state index contributed by atoms with van der Waals surface area (Å²) in [7, 11) is 1.83. The molecule has 3 heterocycles. The molecule has 0 unspecified atom stereocenters. The van der Waals surface area contributed by atoms with Gasteiger partial charge in [0.25, 0.3) is 5.91 Å². The average Bonchev–Trinajstić information content (AvgIpc) is 2.93. The van der Waals surface area contributed by atoms with E-state index < -0.39 is 0 Å². The Labute approximate surface area is 153 Å². The molecule has 0 saturated carbocycles. The normalized spacial score (nSPS) is 15.3. The van der Waals surface area contributed by atoms with Crippen LogP contribution in [0.25, 0.3) is 10.9 Å². The number of benzene rings is 1. The lowest BCUT2D eigenvalue weighted by atomic mass is 10.1. The maximum Gasteiger partial charge on any atom is 0.274 e. The van der Waals surface area contributed by atoms with Crippen LogP contribution < -0.4 is 4.90 Å². The zero-order valence-electron chi connectivity index (χ0n) is 15.2. The first kappa shape index (κ1) is 16.6. The van der Waals surface area contributed by atoms with E-state index in [0.717, 1.165) is 37.4 Å². The van der Waals surface area contributed by atoms with E-state index in [1.165, 1.54) is 10.9 Å². The van der Waals surface area contributed by atoms with Gasteiger partial charge in [-0.05, 0) is 37.1 Å². The number of carbonyl (C=O) groups is 1. The fourth-order valence-corrected chi connectivity index (χ4v) is 3.53. The summed E-state index contributed by atoms with van der Waals surface area (Å²) in [6, 6.07) is 12.2. The van der Waals surface area contributed by atoms with Gasteiger partial charge in [-0.3, -0.25) is 9.48 Å². The zero-order valence-corrected chi connectivity index (χ0v) is 15.2. The largest absolute Gasteiger partial charge is 0.355 e. The first-order chi connectivity index (χ1) is 12.6. The van der Waals surface area contributed by atoms with Crippen molar-refractivity contribution in [2.24, 2.45) is 7.05 Å². The van der Waals surface area contributed by atoms with Gasteiger partial charge in [0, 0.05) is 44.8 Å². The molecule has 6 nitrogen and oxygen atoms in total. The number of carbonyl (C=O) groups excluding carboxylic acids is 1. The fourth-order valence-electron chi connectivity index (χ4n) is 3.53. The molecule has 6 heteroatoms. The van der Waals surface area contributed by atoms with E-state index in [9.17, 15) is 4.79 Å². The van der Waals surface area contributed by atoms with Gasteiger partial charge in [-0.1, -0.05) is 18.2 Å². The second kappa shape index (κ2) is 6.78. The van der Waals surface area contributed by atoms with E-state index in [1.807, 2.05) is 24.1 Å². The number of anilines is 1. The number of aryl methyl sites for hydroxylation is 2. The second-order valence-corrected chi connectivity index (χ2v) is 6.82. The summed E-state index contributed by atoms with van der Waals surface area (Å²) in [6.45, 7) is 5.24. The summed E-state index contributed by atoms with van der Waals surface area (Å²) in [4.78, 5) is 21.7. The zero-order chi connectivity index (χ0) is 18.1. The molecule has 26 heavy (non-hydrogen) atoms. The molecule has 1 fully saturated rings. The Morgan fingerprint density at radius 1 is 1.08 bits per heavy atom. The van der Waals surface area contributed by atoms with E-state index in [1.54, 1.807) is 16.9 Å². The van der Waals surface area contributed by atoms with Gasteiger partial charge in [-0.25, -0.2) is 4.98 Å². The van der Waals surface area contributed by atoms with Crippen LogP contribution in [0.5, 0.6) is 0 Å². The number of pyridine rings is 1. The number of amides is 1. The van der Waals surface area contributed by atoms with Crippen LogP contribution in [0, 0.1) is 6.92 Å². The number of para-hydroxylation sites is 1. The Morgan fingerprint density at radius 2 is 1.92 bits per heavy atom. The number of hydrogen-bond acceptors (Lipinski definition) is 4. The number of nitrogens with zero attached hydrogens (tertiary/aromatic N) is 5. The minimum atomic E-state index is 0.00935. The van der Waals surface area contributed by atoms with Crippen molar-refractivity contribution in [3.63, 3.8) is 0 Å². The lowest BCUT2D eigenvalue weighted by molar-refractivity contribution is 0.0760. The maximum atomic E-state index is 12.7. The molecule has 134 valence electrons. The van der Waals surface area contributed by atoms with Crippen molar-refractivity contribution in [1.82, 2.24) is 19.7 Å². The van der Waals surface area contributed by atoms with Crippen LogP contribution in [-0.2, 0) is 7.05 Å². The molecule has 1 aromatic carbocycles. The fraction of sp³-hybridized carbons (Fsp3) is 0.350. The molecule has 1 aliphatic rings. The molecule has 3 aromatic rings. The van der Waals surface area contributed by atoms with Crippen LogP contribution in [0.1, 0.15) is 22.5 Å². The summed E-state index contributed by atoms with van der Waals surface area (Å²) in [6.07, 6.45) is 2.73. The molecule has 0 N–H and O–H groups in total. The predicted molar refractivity (Wildman–Crippen MR) is 102 cm³/mol. The number of aromatic nitrogens is 3. The van der Waals surface area contributed by atoms with Gasteiger partial charge in [0.05, 0.1) is 5.52 Å². The van der Waals surface area contributed by atoms with E-state index in [2.05, 4.69) is 35.1 Å². The van der Waals surface area contributed by atoms with Crippen molar-refractivity contribution >= 4 is 22.6 Å². The molecule has 1 aliphatic heterocycles. The molecule has 0 aliphatic carbocycles. The van der Waals surface area contributed by atoms with E-state index in [4.69, 9.17) is 4.98 Å². The Hall–Kier alpha value is -2.89. The van der Waals surface area contributed by atoms with Gasteiger partial charge in [0.15, 0.2) is 0 Å². The Balaban J connectivity index is 1.53. The summed E-state index contributed by atoms with van der Waals surface area (Å²) >= 11 is 0. The third-order valence-corrected chi connectivity index (χ3v) is 4.95. The second-order valence-electron chi connectivity index (χ2n) is 6.82. The standard InChI is InChI=1S/C20H23N5O/c1-15-14-19(21-17-7-4-3-6-16(15)17)24-9-5-10-25(13-12-24)20(26)18-8-11-23(2)22-18/h3-4,6-8,11,14H,5,9-10,12-13H2,1-2H3. The van der Waals surface area contributed by atoms with Crippen molar-refractivity contribution in [1.29, 1.82) is 0 Å². The summed E-state index contributed by atoms with van der Waals surface area (Å²) in [5.74, 6) is 1.00. The van der Waals surface area contributed by atoms with Gasteiger partial charge in [0.1, 0.15) is 11.5 Å². The van der Waals surface area contributed by atoms with Gasteiger partial charge in [-0.2, -0.15) is 5.10 Å². The molecule has 1 saturated heterocycles. The Morgan fingerprint density at radius 3 is 2.73 bits per heavy atom. The highest BCUT2D eigenvalue weighted by molar-refractivity contribution is 5.92. The third kappa shape index (κ3) is 3.14. The minimum Gasteiger partial charge on any atom is -0.355 e. The quantitative estimate of drug-likeness (QED) is 0.714. The molecule has 4 rings (SSSR count). The predicted octanol–water partition coefficient (Wildman–Crippen LogP) is 2.63. The summed E-state index contributed by atoms with van der Waals surface area (Å²) < 4.78 is 1.67. The molecular formula is C20H23N5O. The molecule has 0 radical (unpaired) electrons. The summed E-state index contributed by atoms with van der Waals surface area (Å²) in [5.41, 5.74) is 2.77. The SMILES string of the molecule is Cc1cc(N2CCCN(C(=O)c3ccn(C)n3)CC2)nc2ccccc12. The lowest BCUT2D eigenvalue weighted by Crippen LogP contribution is -2.35. The number of rotatable bonds is 2. The Bertz CT molecular complexity index is 948. The molecule has 2 aromatic heterocycles. The first-order valence-corrected chi connectivity index (χ1v) is 9.02. The van der Waals surface area contributed by atoms with Crippen molar-refractivity contribution in [2.75, 3.05) is 31.1 Å². The third-order valence-electron chi connectivity index (χ3n) is 4.95. The van der Waals surface area contributed by atoms with Gasteiger partial charge < -0.3 is 9.80 Å². The van der Waals surface area contributed by atoms with E-state index in [-0.39, 0.29) is 5.91 Å². The monoisotopic (exact) mass is 349 g/mol. The maximum absolute atomic E-state index is 12.7. The molecule has 0 atom stereocenters. The first-order valence-electron chi connectivity index (χ1n) is 9.02. The lowest BCUT2D eigenvalue weighted by Gasteiger charge is -2.23. The number of hydrogen-bond donors (Lipinski definition) is 0. The molecule has 1 amide bonds. The molecule has 0 spiro atoms. The van der Waals surface area contributed by atoms with Crippen LogP contribution in [-0.4, -0.2) is 51.8 Å². The summed E-state index contributed by atoms with van der Waals surface area (Å²) in [5, 5.41) is 5.43. The van der Waals surface area contributed by atoms with E-state index in [0.29, 0.717) is 12.2 Å². The van der Waals surface area contributed by atoms with Gasteiger partial charge in [0.2, 0.25) is 0 Å². The molecule has 0 bridgehead atoms. The minimum absolute atomic E-state index is 0.00935. The van der Waals surface area contributed by atoms with Crippen LogP contribution in [0.3, 0.4) is 0 Å². The van der Waals surface area contributed by atoms with E-state index >= 15 is 0 Å². The highest BCUT2D eigenvalue weighted by Crippen LogP contribution is 2.23. The smallest absolute Gasteiger partial charge is 0.274 e. The van der Waals surface area contributed by atoms with Crippen molar-refractivity contribution in [2.45, 2.75) is 13.3 Å². The highest BCUT2D eigenvalue weighted by Gasteiger charge is 2.22.